The van der Waals surface area contributed by atoms with E-state index in [1.165, 1.54) is 0 Å². The fraction of sp³-hybridized carbons (Fsp3) is 0.222. The number of aliphatic hydroxyl groups is 1. The van der Waals surface area contributed by atoms with E-state index in [1.807, 2.05) is 72.8 Å². The molecule has 0 saturated carbocycles. The van der Waals surface area contributed by atoms with E-state index in [0.717, 1.165) is 21.6 Å². The molecule has 3 aromatic carbocycles. The predicted octanol–water partition coefficient (Wildman–Crippen LogP) is 3.85. The summed E-state index contributed by atoms with van der Waals surface area (Å²) in [6.07, 6.45) is -1.56. The molecule has 4 rings (SSSR count). The van der Waals surface area contributed by atoms with Crippen molar-refractivity contribution >= 4 is 17.8 Å². The minimum atomic E-state index is -1.01. The molecule has 3 aromatic rings. The van der Waals surface area contributed by atoms with Crippen molar-refractivity contribution in [1.82, 2.24) is 4.90 Å². The average molecular weight is 459 g/mol. The Bertz CT molecular complexity index is 1130. The first-order valence-corrected chi connectivity index (χ1v) is 11.0. The number of hydrogen-bond acceptors (Lipinski definition) is 6. The topological polar surface area (TPSA) is 93.1 Å². The summed E-state index contributed by atoms with van der Waals surface area (Å²) in [6.45, 7) is -0.448. The molecule has 174 valence electrons. The molecule has 1 aliphatic heterocycles. The lowest BCUT2D eigenvalue weighted by atomic mass is 10.0. The van der Waals surface area contributed by atoms with Gasteiger partial charge in [-0.25, -0.2) is 9.59 Å². The third-order valence-electron chi connectivity index (χ3n) is 5.65. The van der Waals surface area contributed by atoms with Crippen LogP contribution in [0.2, 0.25) is 0 Å². The summed E-state index contributed by atoms with van der Waals surface area (Å²) in [5.74, 6) is -1.10. The van der Waals surface area contributed by atoms with Crippen molar-refractivity contribution < 1.29 is 29.0 Å². The third kappa shape index (κ3) is 5.68. The number of ketones is 1. The number of amides is 1. The summed E-state index contributed by atoms with van der Waals surface area (Å²) in [7, 11) is 0. The van der Waals surface area contributed by atoms with Gasteiger partial charge in [0.05, 0.1) is 12.6 Å². The normalized spacial score (nSPS) is 17.3. The van der Waals surface area contributed by atoms with E-state index >= 15 is 0 Å². The average Bonchev–Trinajstić information content (AvgIpc) is 3.28. The standard InChI is InChI=1S/C27H25NO6/c29-23-15-24(28(16-23)27(32)34-17-19-7-3-1-4-8-19)26(31)33-18-25(30)22-13-11-21(12-14-22)20-9-5-2-6-10-20/h1-14,23-24,29H,15-18H2. The van der Waals surface area contributed by atoms with Crippen LogP contribution in [0.15, 0.2) is 84.9 Å². The van der Waals surface area contributed by atoms with Crippen molar-refractivity contribution in [2.24, 2.45) is 0 Å². The number of nitrogens with zero attached hydrogens (tertiary/aromatic N) is 1. The van der Waals surface area contributed by atoms with Gasteiger partial charge in [-0.3, -0.25) is 9.69 Å². The summed E-state index contributed by atoms with van der Waals surface area (Å²) in [5.41, 5.74) is 3.22. The van der Waals surface area contributed by atoms with Crippen LogP contribution in [0.3, 0.4) is 0 Å². The minimum Gasteiger partial charge on any atom is -0.456 e. The number of hydrogen-bond donors (Lipinski definition) is 1. The number of esters is 1. The van der Waals surface area contributed by atoms with Crippen LogP contribution in [-0.4, -0.2) is 53.1 Å². The molecule has 7 heteroatoms. The van der Waals surface area contributed by atoms with Gasteiger partial charge in [-0.1, -0.05) is 84.9 Å². The maximum atomic E-state index is 12.6. The first kappa shape index (κ1) is 23.2. The Hall–Kier alpha value is -3.97. The maximum Gasteiger partial charge on any atom is 0.410 e. The molecule has 1 heterocycles. The molecule has 1 N–H and O–H groups in total. The first-order chi connectivity index (χ1) is 16.5. The summed E-state index contributed by atoms with van der Waals surface area (Å²) < 4.78 is 10.5. The Labute approximate surface area is 197 Å². The van der Waals surface area contributed by atoms with E-state index in [4.69, 9.17) is 9.47 Å². The second kappa shape index (κ2) is 10.8. The number of carbonyl (C=O) groups is 3. The van der Waals surface area contributed by atoms with E-state index in [2.05, 4.69) is 0 Å². The highest BCUT2D eigenvalue weighted by Crippen LogP contribution is 2.22. The van der Waals surface area contributed by atoms with Crippen LogP contribution in [0, 0.1) is 0 Å². The number of likely N-dealkylation sites (tertiary alicyclic amines) is 1. The molecule has 0 spiro atoms. The van der Waals surface area contributed by atoms with Crippen LogP contribution in [0.25, 0.3) is 11.1 Å². The summed E-state index contributed by atoms with van der Waals surface area (Å²) in [6, 6.07) is 24.9. The number of carbonyl (C=O) groups excluding carboxylic acids is 3. The van der Waals surface area contributed by atoms with Crippen molar-refractivity contribution in [2.45, 2.75) is 25.2 Å². The van der Waals surface area contributed by atoms with Crippen LogP contribution in [-0.2, 0) is 20.9 Å². The zero-order valence-corrected chi connectivity index (χ0v) is 18.5. The van der Waals surface area contributed by atoms with Crippen molar-refractivity contribution in [3.8, 4) is 11.1 Å². The molecule has 0 radical (unpaired) electrons. The van der Waals surface area contributed by atoms with Crippen LogP contribution >= 0.6 is 0 Å². The number of Topliss-reactive ketones (excluding diaryl/α,β-unsaturated/α-hetero) is 1. The van der Waals surface area contributed by atoms with Crippen molar-refractivity contribution in [3.05, 3.63) is 96.1 Å². The number of aliphatic hydroxyl groups excluding tert-OH is 1. The Morgan fingerprint density at radius 2 is 1.44 bits per heavy atom. The number of rotatable bonds is 7. The lowest BCUT2D eigenvalue weighted by Crippen LogP contribution is -2.42. The highest BCUT2D eigenvalue weighted by Gasteiger charge is 2.41. The monoisotopic (exact) mass is 459 g/mol. The third-order valence-corrected chi connectivity index (χ3v) is 5.65. The predicted molar refractivity (Wildman–Crippen MR) is 125 cm³/mol. The quantitative estimate of drug-likeness (QED) is 0.426. The van der Waals surface area contributed by atoms with Crippen molar-refractivity contribution in [2.75, 3.05) is 13.2 Å². The largest absolute Gasteiger partial charge is 0.456 e. The SMILES string of the molecule is O=C(COC(=O)C1CC(O)CN1C(=O)OCc1ccccc1)c1ccc(-c2ccccc2)cc1. The molecular formula is C27H25NO6. The van der Waals surface area contributed by atoms with Gasteiger partial charge in [-0.2, -0.15) is 0 Å². The zero-order valence-electron chi connectivity index (χ0n) is 18.5. The number of benzene rings is 3. The van der Waals surface area contributed by atoms with Gasteiger partial charge in [-0.05, 0) is 16.7 Å². The fourth-order valence-electron chi connectivity index (χ4n) is 3.84. The van der Waals surface area contributed by atoms with Crippen LogP contribution in [0.5, 0.6) is 0 Å². The minimum absolute atomic E-state index is 0.0270. The molecule has 7 nitrogen and oxygen atoms in total. The second-order valence-corrected chi connectivity index (χ2v) is 8.07. The fourth-order valence-corrected chi connectivity index (χ4v) is 3.84. The van der Waals surface area contributed by atoms with Gasteiger partial charge in [0.25, 0.3) is 0 Å². The van der Waals surface area contributed by atoms with E-state index in [0.29, 0.717) is 5.56 Å². The van der Waals surface area contributed by atoms with Gasteiger partial charge in [0, 0.05) is 12.0 Å². The molecule has 1 saturated heterocycles. The van der Waals surface area contributed by atoms with Gasteiger partial charge in [-0.15, -0.1) is 0 Å². The van der Waals surface area contributed by atoms with Gasteiger partial charge in [0.1, 0.15) is 12.6 Å². The molecule has 0 bridgehead atoms. The molecule has 1 aliphatic rings. The molecule has 2 atom stereocenters. The van der Waals surface area contributed by atoms with Gasteiger partial charge in [0.15, 0.2) is 12.4 Å². The van der Waals surface area contributed by atoms with Crippen LogP contribution in [0.4, 0.5) is 4.79 Å². The maximum absolute atomic E-state index is 12.6. The number of β-amino-alcohol motifs (C(OH)–C–C–N with tert-alkyl or cyclic N) is 1. The Balaban J connectivity index is 1.32. The summed E-state index contributed by atoms with van der Waals surface area (Å²) >= 11 is 0. The van der Waals surface area contributed by atoms with Crippen molar-refractivity contribution in [1.29, 1.82) is 0 Å². The molecule has 1 fully saturated rings. The smallest absolute Gasteiger partial charge is 0.410 e. The Morgan fingerprint density at radius 1 is 0.824 bits per heavy atom. The van der Waals surface area contributed by atoms with Gasteiger partial charge >= 0.3 is 12.1 Å². The van der Waals surface area contributed by atoms with Crippen molar-refractivity contribution in [3.63, 3.8) is 0 Å². The highest BCUT2D eigenvalue weighted by molar-refractivity contribution is 5.98. The molecule has 1 amide bonds. The summed E-state index contributed by atoms with van der Waals surface area (Å²) in [5, 5.41) is 10.0. The Kier molecular flexibility index (Phi) is 7.34. The van der Waals surface area contributed by atoms with E-state index in [9.17, 15) is 19.5 Å². The molecule has 0 aromatic heterocycles. The lowest BCUT2D eigenvalue weighted by molar-refractivity contribution is -0.147. The highest BCUT2D eigenvalue weighted by atomic mass is 16.6. The van der Waals surface area contributed by atoms with Crippen LogP contribution < -0.4 is 0 Å². The Morgan fingerprint density at radius 3 is 2.12 bits per heavy atom. The van der Waals surface area contributed by atoms with E-state index in [-0.39, 0.29) is 25.4 Å². The van der Waals surface area contributed by atoms with E-state index < -0.39 is 30.8 Å². The summed E-state index contributed by atoms with van der Waals surface area (Å²) in [4.78, 5) is 38.8. The molecule has 34 heavy (non-hydrogen) atoms. The molecular weight excluding hydrogens is 434 g/mol. The van der Waals surface area contributed by atoms with Crippen LogP contribution in [0.1, 0.15) is 22.3 Å². The number of ether oxygens (including phenoxy) is 2. The molecule has 0 aliphatic carbocycles. The first-order valence-electron chi connectivity index (χ1n) is 11.0. The van der Waals surface area contributed by atoms with Gasteiger partial charge in [0.2, 0.25) is 0 Å². The lowest BCUT2D eigenvalue weighted by Gasteiger charge is -2.22. The zero-order chi connectivity index (χ0) is 23.9. The van der Waals surface area contributed by atoms with Gasteiger partial charge < -0.3 is 14.6 Å². The second-order valence-electron chi connectivity index (χ2n) is 8.07. The van der Waals surface area contributed by atoms with E-state index in [1.54, 1.807) is 12.1 Å². The molecule has 2 unspecified atom stereocenters.